The van der Waals surface area contributed by atoms with Crippen LogP contribution in [0.25, 0.3) is 0 Å². The minimum atomic E-state index is -3.76. The number of carbonyl (C=O) groups is 2. The van der Waals surface area contributed by atoms with Crippen molar-refractivity contribution in [3.63, 3.8) is 0 Å². The smallest absolute Gasteiger partial charge is 0.258 e. The minimum absolute atomic E-state index is 0.0533. The number of rotatable bonds is 11. The summed E-state index contributed by atoms with van der Waals surface area (Å²) in [6, 6.07) is 12.6. The molecule has 1 aliphatic heterocycles. The number of benzene rings is 2. The number of nitrogens with one attached hydrogen (secondary N) is 1. The van der Waals surface area contributed by atoms with Crippen LogP contribution in [-0.4, -0.2) is 99.0 Å². The van der Waals surface area contributed by atoms with Gasteiger partial charge in [-0.2, -0.15) is 4.31 Å². The van der Waals surface area contributed by atoms with E-state index in [9.17, 15) is 23.1 Å². The molecular formula is C28H40N4O6S. The predicted octanol–water partition coefficient (Wildman–Crippen LogP) is 2.51. The molecule has 214 valence electrons. The fourth-order valence-electron chi connectivity index (χ4n) is 4.42. The van der Waals surface area contributed by atoms with Crippen molar-refractivity contribution in [3.8, 4) is 5.75 Å². The Labute approximate surface area is 231 Å². The summed E-state index contributed by atoms with van der Waals surface area (Å²) in [6.45, 7) is 4.51. The highest BCUT2D eigenvalue weighted by Gasteiger charge is 2.35. The Bertz CT molecular complexity index is 1240. The molecule has 2 aromatic rings. The van der Waals surface area contributed by atoms with Gasteiger partial charge in [0, 0.05) is 31.6 Å². The van der Waals surface area contributed by atoms with Gasteiger partial charge in [-0.05, 0) is 64.3 Å². The third-order valence-corrected chi connectivity index (χ3v) is 8.68. The van der Waals surface area contributed by atoms with E-state index in [4.69, 9.17) is 4.74 Å². The average molecular weight is 561 g/mol. The molecule has 0 fully saturated rings. The summed E-state index contributed by atoms with van der Waals surface area (Å²) in [5, 5.41) is 12.7. The van der Waals surface area contributed by atoms with Crippen molar-refractivity contribution in [3.05, 3.63) is 54.1 Å². The molecule has 0 saturated carbocycles. The first kappa shape index (κ1) is 30.6. The molecule has 1 heterocycles. The molecule has 0 aliphatic carbocycles. The van der Waals surface area contributed by atoms with Gasteiger partial charge in [-0.15, -0.1) is 0 Å². The van der Waals surface area contributed by atoms with Crippen molar-refractivity contribution in [2.45, 2.75) is 43.7 Å². The van der Waals surface area contributed by atoms with Gasteiger partial charge < -0.3 is 25.0 Å². The van der Waals surface area contributed by atoms with E-state index in [1.165, 1.54) is 11.4 Å². The standard InChI is InChI=1S/C28H40N4O6S/c1-20-17-32(21(2)19-33)28(35)24-16-22(29-27(34)12-9-15-30(3)4)13-14-25(24)38-26(20)18-31(5)39(36,37)23-10-7-6-8-11-23/h6-8,10-11,13-14,16,20-21,26,33H,9,12,15,17-19H2,1-5H3,(H,29,34)/t20-,21-,26-/m1/s1. The number of fused-ring (bicyclic) bond motifs is 1. The van der Waals surface area contributed by atoms with Gasteiger partial charge in [0.1, 0.15) is 11.9 Å². The Morgan fingerprint density at radius 2 is 1.87 bits per heavy atom. The summed E-state index contributed by atoms with van der Waals surface area (Å²) < 4.78 is 33.9. The maximum absolute atomic E-state index is 13.6. The number of anilines is 1. The van der Waals surface area contributed by atoms with Crippen molar-refractivity contribution in [2.75, 3.05) is 52.7 Å². The Balaban J connectivity index is 1.89. The SMILES string of the molecule is C[C@@H]1CN([C@H](C)CO)C(=O)c2cc(NC(=O)CCCN(C)C)ccc2O[C@@H]1CN(C)S(=O)(=O)c1ccccc1. The number of amides is 2. The van der Waals surface area contributed by atoms with Gasteiger partial charge >= 0.3 is 0 Å². The number of sulfonamides is 1. The molecule has 1 aliphatic rings. The van der Waals surface area contributed by atoms with Gasteiger partial charge in [0.15, 0.2) is 0 Å². The molecule has 3 atom stereocenters. The molecule has 0 aromatic heterocycles. The van der Waals surface area contributed by atoms with Gasteiger partial charge in [0.2, 0.25) is 15.9 Å². The van der Waals surface area contributed by atoms with Crippen LogP contribution in [0.15, 0.2) is 53.4 Å². The van der Waals surface area contributed by atoms with Crippen molar-refractivity contribution in [1.29, 1.82) is 0 Å². The zero-order chi connectivity index (χ0) is 28.7. The van der Waals surface area contributed by atoms with Crippen LogP contribution in [0.3, 0.4) is 0 Å². The second kappa shape index (κ2) is 13.4. The van der Waals surface area contributed by atoms with Gasteiger partial charge in [0.05, 0.1) is 29.7 Å². The molecule has 0 saturated heterocycles. The number of hydrogen-bond donors (Lipinski definition) is 2. The molecule has 0 radical (unpaired) electrons. The number of aliphatic hydroxyl groups excluding tert-OH is 1. The van der Waals surface area contributed by atoms with Crippen LogP contribution in [0.4, 0.5) is 5.69 Å². The van der Waals surface area contributed by atoms with E-state index in [1.54, 1.807) is 60.4 Å². The topological polar surface area (TPSA) is 119 Å². The number of nitrogens with zero attached hydrogens (tertiary/aromatic N) is 3. The quantitative estimate of drug-likeness (QED) is 0.433. The highest BCUT2D eigenvalue weighted by Crippen LogP contribution is 2.31. The normalized spacial score (nSPS) is 18.8. The number of carbonyl (C=O) groups excluding carboxylic acids is 2. The van der Waals surface area contributed by atoms with Crippen molar-refractivity contribution in [2.24, 2.45) is 5.92 Å². The summed E-state index contributed by atoms with van der Waals surface area (Å²) >= 11 is 0. The molecule has 2 N–H and O–H groups in total. The van der Waals surface area contributed by atoms with E-state index in [0.29, 0.717) is 24.3 Å². The molecular weight excluding hydrogens is 520 g/mol. The Kier molecular flexibility index (Phi) is 10.5. The molecule has 0 unspecified atom stereocenters. The maximum atomic E-state index is 13.6. The molecule has 2 aromatic carbocycles. The van der Waals surface area contributed by atoms with Gasteiger partial charge in [0.25, 0.3) is 5.91 Å². The molecule has 11 heteroatoms. The van der Waals surface area contributed by atoms with E-state index >= 15 is 0 Å². The Hall–Kier alpha value is -2.99. The first-order valence-corrected chi connectivity index (χ1v) is 14.6. The van der Waals surface area contributed by atoms with E-state index in [0.717, 1.165) is 6.54 Å². The Morgan fingerprint density at radius 1 is 1.18 bits per heavy atom. The average Bonchev–Trinajstić information content (AvgIpc) is 2.90. The molecule has 2 amide bonds. The maximum Gasteiger partial charge on any atom is 0.258 e. The number of aliphatic hydroxyl groups is 1. The zero-order valence-electron chi connectivity index (χ0n) is 23.3. The molecule has 39 heavy (non-hydrogen) atoms. The van der Waals surface area contributed by atoms with E-state index in [1.807, 2.05) is 25.9 Å². The van der Waals surface area contributed by atoms with Gasteiger partial charge in [-0.3, -0.25) is 9.59 Å². The van der Waals surface area contributed by atoms with Gasteiger partial charge in [-0.25, -0.2) is 8.42 Å². The fourth-order valence-corrected chi connectivity index (χ4v) is 5.63. The third kappa shape index (κ3) is 7.78. The second-order valence-corrected chi connectivity index (χ2v) is 12.4. The van der Waals surface area contributed by atoms with Crippen LogP contribution in [0.2, 0.25) is 0 Å². The zero-order valence-corrected chi connectivity index (χ0v) is 24.1. The van der Waals surface area contributed by atoms with Crippen LogP contribution >= 0.6 is 0 Å². The summed E-state index contributed by atoms with van der Waals surface area (Å²) in [5.41, 5.74) is 0.706. The third-order valence-electron chi connectivity index (χ3n) is 6.85. The minimum Gasteiger partial charge on any atom is -0.488 e. The highest BCUT2D eigenvalue weighted by atomic mass is 32.2. The van der Waals surface area contributed by atoms with Crippen molar-refractivity contribution in [1.82, 2.24) is 14.1 Å². The predicted molar refractivity (Wildman–Crippen MR) is 150 cm³/mol. The molecule has 0 spiro atoms. The van der Waals surface area contributed by atoms with Crippen LogP contribution in [-0.2, 0) is 14.8 Å². The van der Waals surface area contributed by atoms with Crippen molar-refractivity contribution < 1.29 is 27.9 Å². The lowest BCUT2D eigenvalue weighted by atomic mass is 9.99. The van der Waals surface area contributed by atoms with E-state index in [-0.39, 0.29) is 47.9 Å². The molecule has 10 nitrogen and oxygen atoms in total. The second-order valence-electron chi connectivity index (χ2n) is 10.4. The van der Waals surface area contributed by atoms with Gasteiger partial charge in [-0.1, -0.05) is 25.1 Å². The fraction of sp³-hybridized carbons (Fsp3) is 0.500. The first-order valence-electron chi connectivity index (χ1n) is 13.1. The molecule has 0 bridgehead atoms. The van der Waals surface area contributed by atoms with Crippen LogP contribution < -0.4 is 10.1 Å². The number of ether oxygens (including phenoxy) is 1. The van der Waals surface area contributed by atoms with Crippen LogP contribution in [0.1, 0.15) is 37.0 Å². The molecule has 3 rings (SSSR count). The summed E-state index contributed by atoms with van der Waals surface area (Å²) in [4.78, 5) is 29.8. The van der Waals surface area contributed by atoms with Crippen LogP contribution in [0.5, 0.6) is 5.75 Å². The summed E-state index contributed by atoms with van der Waals surface area (Å²) in [6.07, 6.45) is 0.460. The lowest BCUT2D eigenvalue weighted by molar-refractivity contribution is -0.116. The lowest BCUT2D eigenvalue weighted by Crippen LogP contribution is -2.50. The monoisotopic (exact) mass is 560 g/mol. The largest absolute Gasteiger partial charge is 0.488 e. The summed E-state index contributed by atoms with van der Waals surface area (Å²) in [5.74, 6) is -0.440. The number of likely N-dealkylation sites (N-methyl/N-ethyl adjacent to an activating group) is 1. The summed E-state index contributed by atoms with van der Waals surface area (Å²) in [7, 11) is 1.64. The highest BCUT2D eigenvalue weighted by molar-refractivity contribution is 7.89. The van der Waals surface area contributed by atoms with E-state index < -0.39 is 22.2 Å². The Morgan fingerprint density at radius 3 is 2.51 bits per heavy atom. The van der Waals surface area contributed by atoms with Crippen LogP contribution in [0, 0.1) is 5.92 Å². The lowest BCUT2D eigenvalue weighted by Gasteiger charge is -2.38. The first-order chi connectivity index (χ1) is 18.4. The van der Waals surface area contributed by atoms with E-state index in [2.05, 4.69) is 5.32 Å². The van der Waals surface area contributed by atoms with Crippen molar-refractivity contribution >= 4 is 27.5 Å². The number of hydrogen-bond acceptors (Lipinski definition) is 7.